The normalized spacial score (nSPS) is 18.3. The van der Waals surface area contributed by atoms with E-state index in [2.05, 4.69) is 29.2 Å². The van der Waals surface area contributed by atoms with Crippen LogP contribution in [0.25, 0.3) is 0 Å². The third-order valence-electron chi connectivity index (χ3n) is 4.54. The largest absolute Gasteiger partial charge is 0.388 e. The van der Waals surface area contributed by atoms with Crippen molar-refractivity contribution >= 4 is 0 Å². The molecule has 3 rings (SSSR count). The number of halogens is 1. The summed E-state index contributed by atoms with van der Waals surface area (Å²) in [4.78, 5) is 2.43. The van der Waals surface area contributed by atoms with Crippen LogP contribution in [0.1, 0.15) is 30.1 Å². The Bertz CT molecular complexity index is 576. The van der Waals surface area contributed by atoms with Gasteiger partial charge in [0.05, 0.1) is 6.10 Å². The van der Waals surface area contributed by atoms with Gasteiger partial charge in [0.1, 0.15) is 5.82 Å². The van der Waals surface area contributed by atoms with Gasteiger partial charge in [0, 0.05) is 6.54 Å². The Morgan fingerprint density at radius 3 is 2.27 bits per heavy atom. The summed E-state index contributed by atoms with van der Waals surface area (Å²) in [5.41, 5.74) is 2.16. The summed E-state index contributed by atoms with van der Waals surface area (Å²) in [6.07, 6.45) is 1.47. The molecule has 1 unspecified atom stereocenters. The SMILES string of the molecule is OC(c1ccc(F)cc1)C1CCN(Cc2ccccc2)CC1. The number of benzene rings is 2. The first-order valence-electron chi connectivity index (χ1n) is 7.92. The first-order chi connectivity index (χ1) is 10.7. The zero-order valence-electron chi connectivity index (χ0n) is 12.7. The summed E-state index contributed by atoms with van der Waals surface area (Å²) >= 11 is 0. The predicted octanol–water partition coefficient (Wildman–Crippen LogP) is 3.77. The molecule has 0 aromatic heterocycles. The number of piperidine rings is 1. The molecule has 0 aliphatic carbocycles. The van der Waals surface area contributed by atoms with E-state index in [4.69, 9.17) is 0 Å². The number of aliphatic hydroxyl groups excluding tert-OH is 1. The van der Waals surface area contributed by atoms with Crippen molar-refractivity contribution in [1.29, 1.82) is 0 Å². The summed E-state index contributed by atoms with van der Waals surface area (Å²) < 4.78 is 13.0. The Morgan fingerprint density at radius 2 is 1.64 bits per heavy atom. The Labute approximate surface area is 131 Å². The zero-order chi connectivity index (χ0) is 15.4. The molecule has 116 valence electrons. The van der Waals surface area contributed by atoms with Crippen LogP contribution in [0.4, 0.5) is 4.39 Å². The number of aliphatic hydroxyl groups is 1. The molecule has 0 bridgehead atoms. The van der Waals surface area contributed by atoms with Crippen LogP contribution in [0.2, 0.25) is 0 Å². The van der Waals surface area contributed by atoms with Crippen molar-refractivity contribution in [2.45, 2.75) is 25.5 Å². The van der Waals surface area contributed by atoms with Gasteiger partial charge in [0.15, 0.2) is 0 Å². The lowest BCUT2D eigenvalue weighted by molar-refractivity contribution is 0.0567. The van der Waals surface area contributed by atoms with Crippen LogP contribution in [0.15, 0.2) is 54.6 Å². The second kappa shape index (κ2) is 7.03. The second-order valence-electron chi connectivity index (χ2n) is 6.10. The lowest BCUT2D eigenvalue weighted by atomic mass is 9.87. The van der Waals surface area contributed by atoms with Crippen LogP contribution >= 0.6 is 0 Å². The Balaban J connectivity index is 1.54. The highest BCUT2D eigenvalue weighted by Gasteiger charge is 2.26. The molecule has 3 heteroatoms. The maximum absolute atomic E-state index is 13.0. The molecule has 0 saturated carbocycles. The van der Waals surface area contributed by atoms with Crippen molar-refractivity contribution in [2.75, 3.05) is 13.1 Å². The zero-order valence-corrected chi connectivity index (χ0v) is 12.7. The first-order valence-corrected chi connectivity index (χ1v) is 7.92. The molecule has 22 heavy (non-hydrogen) atoms. The quantitative estimate of drug-likeness (QED) is 0.929. The summed E-state index contributed by atoms with van der Waals surface area (Å²) in [7, 11) is 0. The van der Waals surface area contributed by atoms with Gasteiger partial charge >= 0.3 is 0 Å². The highest BCUT2D eigenvalue weighted by atomic mass is 19.1. The first kappa shape index (κ1) is 15.2. The number of likely N-dealkylation sites (tertiary alicyclic amines) is 1. The molecule has 0 amide bonds. The fraction of sp³-hybridized carbons (Fsp3) is 0.368. The van der Waals surface area contributed by atoms with E-state index >= 15 is 0 Å². The maximum Gasteiger partial charge on any atom is 0.123 e. The second-order valence-corrected chi connectivity index (χ2v) is 6.10. The Morgan fingerprint density at radius 1 is 1.00 bits per heavy atom. The summed E-state index contributed by atoms with van der Waals surface area (Å²) in [6, 6.07) is 16.7. The average molecular weight is 299 g/mol. The fourth-order valence-corrected chi connectivity index (χ4v) is 3.20. The van der Waals surface area contributed by atoms with Crippen LogP contribution in [0, 0.1) is 11.7 Å². The van der Waals surface area contributed by atoms with E-state index in [1.165, 1.54) is 17.7 Å². The highest BCUT2D eigenvalue weighted by molar-refractivity contribution is 5.19. The number of hydrogen-bond acceptors (Lipinski definition) is 2. The van der Waals surface area contributed by atoms with Crippen molar-refractivity contribution in [3.63, 3.8) is 0 Å². The fourth-order valence-electron chi connectivity index (χ4n) is 3.20. The van der Waals surface area contributed by atoms with Gasteiger partial charge < -0.3 is 5.11 Å². The van der Waals surface area contributed by atoms with Gasteiger partial charge in [-0.3, -0.25) is 4.90 Å². The highest BCUT2D eigenvalue weighted by Crippen LogP contribution is 2.31. The van der Waals surface area contributed by atoms with E-state index in [0.29, 0.717) is 0 Å². The van der Waals surface area contributed by atoms with Gasteiger partial charge in [0.2, 0.25) is 0 Å². The lowest BCUT2D eigenvalue weighted by Gasteiger charge is -2.34. The minimum absolute atomic E-state index is 0.256. The van der Waals surface area contributed by atoms with Crippen LogP contribution in [-0.4, -0.2) is 23.1 Å². The van der Waals surface area contributed by atoms with E-state index in [1.807, 2.05) is 6.07 Å². The van der Waals surface area contributed by atoms with Crippen LogP contribution in [-0.2, 0) is 6.54 Å². The number of hydrogen-bond donors (Lipinski definition) is 1. The van der Waals surface area contributed by atoms with Crippen LogP contribution in [0.3, 0.4) is 0 Å². The van der Waals surface area contributed by atoms with E-state index in [0.717, 1.165) is 38.0 Å². The molecule has 1 atom stereocenters. The van der Waals surface area contributed by atoms with Crippen LogP contribution < -0.4 is 0 Å². The van der Waals surface area contributed by atoms with E-state index in [9.17, 15) is 9.50 Å². The molecule has 1 N–H and O–H groups in total. The van der Waals surface area contributed by atoms with E-state index in [-0.39, 0.29) is 11.7 Å². The third kappa shape index (κ3) is 3.73. The number of nitrogens with zero attached hydrogens (tertiary/aromatic N) is 1. The van der Waals surface area contributed by atoms with Crippen molar-refractivity contribution in [3.8, 4) is 0 Å². The van der Waals surface area contributed by atoms with E-state index in [1.54, 1.807) is 12.1 Å². The molecule has 1 fully saturated rings. The molecule has 1 aliphatic rings. The van der Waals surface area contributed by atoms with E-state index < -0.39 is 6.10 Å². The average Bonchev–Trinajstić information content (AvgIpc) is 2.57. The maximum atomic E-state index is 13.0. The third-order valence-corrected chi connectivity index (χ3v) is 4.54. The Hall–Kier alpha value is -1.71. The minimum atomic E-state index is -0.487. The van der Waals surface area contributed by atoms with Gasteiger partial charge in [-0.15, -0.1) is 0 Å². The molecule has 0 spiro atoms. The van der Waals surface area contributed by atoms with Crippen molar-refractivity contribution in [3.05, 3.63) is 71.5 Å². The topological polar surface area (TPSA) is 23.5 Å². The summed E-state index contributed by atoms with van der Waals surface area (Å²) in [6.45, 7) is 2.97. The molecule has 2 aromatic rings. The molecule has 1 saturated heterocycles. The molecule has 1 heterocycles. The number of rotatable bonds is 4. The molecular formula is C19H22FNO. The molecule has 2 aromatic carbocycles. The lowest BCUT2D eigenvalue weighted by Crippen LogP contribution is -2.35. The minimum Gasteiger partial charge on any atom is -0.388 e. The Kier molecular flexibility index (Phi) is 4.86. The van der Waals surface area contributed by atoms with Crippen LogP contribution in [0.5, 0.6) is 0 Å². The van der Waals surface area contributed by atoms with Gasteiger partial charge in [-0.05, 0) is 55.1 Å². The predicted molar refractivity (Wildman–Crippen MR) is 85.8 cm³/mol. The smallest absolute Gasteiger partial charge is 0.123 e. The molecule has 2 nitrogen and oxygen atoms in total. The standard InChI is InChI=1S/C19H22FNO/c20-18-8-6-16(7-9-18)19(22)17-10-12-21(13-11-17)14-15-4-2-1-3-5-15/h1-9,17,19,22H,10-14H2. The molecule has 0 radical (unpaired) electrons. The molecular weight excluding hydrogens is 277 g/mol. The van der Waals surface area contributed by atoms with Gasteiger partial charge in [-0.2, -0.15) is 0 Å². The van der Waals surface area contributed by atoms with Crippen molar-refractivity contribution < 1.29 is 9.50 Å². The van der Waals surface area contributed by atoms with Gasteiger partial charge in [-0.1, -0.05) is 42.5 Å². The monoisotopic (exact) mass is 299 g/mol. The van der Waals surface area contributed by atoms with Gasteiger partial charge in [-0.25, -0.2) is 4.39 Å². The summed E-state index contributed by atoms with van der Waals surface area (Å²) in [5.74, 6) is 0.00566. The van der Waals surface area contributed by atoms with Crippen molar-refractivity contribution in [2.24, 2.45) is 5.92 Å². The van der Waals surface area contributed by atoms with Gasteiger partial charge in [0.25, 0.3) is 0 Å². The summed E-state index contributed by atoms with van der Waals surface area (Å²) in [5, 5.41) is 10.5. The molecule has 1 aliphatic heterocycles. The van der Waals surface area contributed by atoms with Crippen molar-refractivity contribution in [1.82, 2.24) is 4.90 Å².